The van der Waals surface area contributed by atoms with Crippen molar-refractivity contribution in [1.29, 1.82) is 0 Å². The van der Waals surface area contributed by atoms with E-state index in [1.807, 2.05) is 63.2 Å². The molecule has 0 spiro atoms. The van der Waals surface area contributed by atoms with Crippen molar-refractivity contribution in [1.82, 2.24) is 14.3 Å². The summed E-state index contributed by atoms with van der Waals surface area (Å²) in [6, 6.07) is 15.8. The number of sulfonamides is 1. The van der Waals surface area contributed by atoms with Gasteiger partial charge in [-0.1, -0.05) is 75.0 Å². The predicted octanol–water partition coefficient (Wildman–Crippen LogP) is 4.31. The van der Waals surface area contributed by atoms with Gasteiger partial charge in [0.15, 0.2) is 5.16 Å². The number of nitrogens with zero attached hydrogens (tertiary/aromatic N) is 2. The molecule has 1 unspecified atom stereocenters. The molecule has 0 aliphatic carbocycles. The van der Waals surface area contributed by atoms with E-state index in [1.165, 1.54) is 11.8 Å². The van der Waals surface area contributed by atoms with Crippen molar-refractivity contribution in [2.45, 2.75) is 44.1 Å². The van der Waals surface area contributed by atoms with E-state index in [4.69, 9.17) is 0 Å². The van der Waals surface area contributed by atoms with Gasteiger partial charge in [-0.05, 0) is 29.5 Å². The zero-order valence-electron chi connectivity index (χ0n) is 18.5. The topological polar surface area (TPSA) is 101 Å². The second-order valence-electron chi connectivity index (χ2n) is 8.70. The van der Waals surface area contributed by atoms with E-state index in [0.29, 0.717) is 23.9 Å². The summed E-state index contributed by atoms with van der Waals surface area (Å²) in [4.78, 5) is 16.8. The molecule has 0 radical (unpaired) electrons. The van der Waals surface area contributed by atoms with E-state index in [0.717, 1.165) is 16.6 Å². The fourth-order valence-electron chi connectivity index (χ4n) is 3.55. The second kappa shape index (κ2) is 10.1. The van der Waals surface area contributed by atoms with Crippen LogP contribution in [0.15, 0.2) is 59.8 Å². The first-order chi connectivity index (χ1) is 15.1. The molecule has 0 saturated carbocycles. The quantitative estimate of drug-likeness (QED) is 0.335. The highest BCUT2D eigenvalue weighted by atomic mass is 32.2. The van der Waals surface area contributed by atoms with Gasteiger partial charge in [0.2, 0.25) is 10.0 Å². The van der Waals surface area contributed by atoms with Gasteiger partial charge in [-0.15, -0.1) is 0 Å². The maximum Gasteiger partial charge on any atom is 0.327 e. The molecule has 0 aliphatic heterocycles. The lowest BCUT2D eigenvalue weighted by Crippen LogP contribution is -2.32. The number of carboxylic acid groups (broad SMARTS) is 1. The van der Waals surface area contributed by atoms with Gasteiger partial charge in [0.1, 0.15) is 6.04 Å². The smallest absolute Gasteiger partial charge is 0.327 e. The fraction of sp³-hybridized carbons (Fsp3) is 0.391. The first-order valence-corrected chi connectivity index (χ1v) is 13.1. The van der Waals surface area contributed by atoms with Crippen LogP contribution < -0.4 is 4.72 Å². The zero-order chi connectivity index (χ0) is 23.4. The van der Waals surface area contributed by atoms with Crippen molar-refractivity contribution in [3.8, 4) is 0 Å². The lowest BCUT2D eigenvalue weighted by atomic mass is 9.86. The molecule has 2 N–H and O–H groups in total. The number of aromatic nitrogens is 2. The Bertz CT molecular complexity index is 1170. The van der Waals surface area contributed by atoms with Gasteiger partial charge < -0.3 is 9.67 Å². The van der Waals surface area contributed by atoms with Crippen LogP contribution in [0, 0.1) is 5.41 Å². The van der Waals surface area contributed by atoms with Crippen LogP contribution in [0.3, 0.4) is 0 Å². The van der Waals surface area contributed by atoms with E-state index in [-0.39, 0.29) is 5.75 Å². The molecule has 0 bridgehead atoms. The Kier molecular flexibility index (Phi) is 7.63. The molecule has 0 saturated heterocycles. The third-order valence-electron chi connectivity index (χ3n) is 4.95. The third kappa shape index (κ3) is 6.11. The van der Waals surface area contributed by atoms with E-state index in [2.05, 4.69) is 9.71 Å². The number of rotatable bonds is 10. The van der Waals surface area contributed by atoms with Crippen molar-refractivity contribution >= 4 is 38.8 Å². The largest absolute Gasteiger partial charge is 0.480 e. The summed E-state index contributed by atoms with van der Waals surface area (Å²) < 4.78 is 29.0. The SMILES string of the molecule is CC(C)(C)C(C(=O)O)n1c(SCCCNS(=O)(=O)Cc2ccccc2)nc2ccccc21. The third-order valence-corrected chi connectivity index (χ3v) is 7.35. The van der Waals surface area contributed by atoms with Crippen LogP contribution in [-0.4, -0.2) is 41.3 Å². The number of thioether (sulfide) groups is 1. The minimum absolute atomic E-state index is 0.0529. The number of aliphatic carboxylic acids is 1. The number of benzene rings is 2. The van der Waals surface area contributed by atoms with Crippen LogP contribution in [0.2, 0.25) is 0 Å². The molecule has 0 aliphatic rings. The fourth-order valence-corrected chi connectivity index (χ4v) is 5.72. The lowest BCUT2D eigenvalue weighted by Gasteiger charge is -2.29. The van der Waals surface area contributed by atoms with Crippen LogP contribution in [0.5, 0.6) is 0 Å². The van der Waals surface area contributed by atoms with Crippen LogP contribution in [-0.2, 0) is 20.6 Å². The molecular formula is C23H29N3O4S2. The molecule has 32 heavy (non-hydrogen) atoms. The summed E-state index contributed by atoms with van der Waals surface area (Å²) in [6.07, 6.45) is 0.592. The first kappa shape index (κ1) is 24.3. The number of carboxylic acids is 1. The van der Waals surface area contributed by atoms with Gasteiger partial charge >= 0.3 is 5.97 Å². The number of hydrogen-bond acceptors (Lipinski definition) is 5. The van der Waals surface area contributed by atoms with E-state index >= 15 is 0 Å². The zero-order valence-corrected chi connectivity index (χ0v) is 20.1. The normalized spacial score (nSPS) is 13.3. The Morgan fingerprint density at radius 3 is 2.44 bits per heavy atom. The van der Waals surface area contributed by atoms with Gasteiger partial charge in [-0.2, -0.15) is 0 Å². The summed E-state index contributed by atoms with van der Waals surface area (Å²) in [5.74, 6) is -0.354. The number of hydrogen-bond donors (Lipinski definition) is 2. The lowest BCUT2D eigenvalue weighted by molar-refractivity contribution is -0.144. The summed E-state index contributed by atoms with van der Waals surface area (Å²) in [5.41, 5.74) is 1.75. The number of carbonyl (C=O) groups is 1. The Morgan fingerprint density at radius 1 is 1.12 bits per heavy atom. The molecule has 9 heteroatoms. The number of nitrogens with one attached hydrogen (secondary N) is 1. The van der Waals surface area contributed by atoms with Gasteiger partial charge in [-0.3, -0.25) is 0 Å². The highest BCUT2D eigenvalue weighted by molar-refractivity contribution is 7.99. The highest BCUT2D eigenvalue weighted by Crippen LogP contribution is 2.37. The molecule has 1 heterocycles. The molecule has 172 valence electrons. The summed E-state index contributed by atoms with van der Waals surface area (Å²) >= 11 is 1.44. The minimum atomic E-state index is -3.41. The molecule has 7 nitrogen and oxygen atoms in total. The van der Waals surface area contributed by atoms with Crippen LogP contribution >= 0.6 is 11.8 Å². The molecule has 0 fully saturated rings. The van der Waals surface area contributed by atoms with Gasteiger partial charge in [0.25, 0.3) is 0 Å². The maximum absolute atomic E-state index is 12.3. The Labute approximate surface area is 193 Å². The van der Waals surface area contributed by atoms with Crippen molar-refractivity contribution < 1.29 is 18.3 Å². The Morgan fingerprint density at radius 2 is 1.78 bits per heavy atom. The van der Waals surface area contributed by atoms with Crippen LogP contribution in [0.1, 0.15) is 38.8 Å². The molecule has 0 amide bonds. The monoisotopic (exact) mass is 475 g/mol. The number of imidazole rings is 1. The van der Waals surface area contributed by atoms with Crippen LogP contribution in [0.25, 0.3) is 11.0 Å². The average molecular weight is 476 g/mol. The van der Waals surface area contributed by atoms with Gasteiger partial charge in [-0.25, -0.2) is 22.9 Å². The van der Waals surface area contributed by atoms with Crippen molar-refractivity contribution in [2.24, 2.45) is 5.41 Å². The summed E-state index contributed by atoms with van der Waals surface area (Å²) in [5, 5.41) is 10.6. The maximum atomic E-state index is 12.3. The standard InChI is InChI=1S/C23H29N3O4S2/c1-23(2,3)20(21(27)28)26-19-13-8-7-12-18(19)25-22(26)31-15-9-14-24-32(29,30)16-17-10-5-4-6-11-17/h4-8,10-13,20,24H,9,14-16H2,1-3H3,(H,27,28). The molecule has 3 aromatic rings. The summed E-state index contributed by atoms with van der Waals surface area (Å²) in [6.45, 7) is 6.01. The average Bonchev–Trinajstić information content (AvgIpc) is 3.05. The van der Waals surface area contributed by atoms with Crippen molar-refractivity contribution in [3.05, 3.63) is 60.2 Å². The molecule has 3 rings (SSSR count). The number of fused-ring (bicyclic) bond motifs is 1. The van der Waals surface area contributed by atoms with E-state index < -0.39 is 27.4 Å². The first-order valence-electron chi connectivity index (χ1n) is 10.4. The highest BCUT2D eigenvalue weighted by Gasteiger charge is 2.35. The van der Waals surface area contributed by atoms with Gasteiger partial charge in [0.05, 0.1) is 16.8 Å². The Hall–Kier alpha value is -2.36. The number of para-hydroxylation sites is 2. The molecule has 2 aromatic carbocycles. The second-order valence-corrected chi connectivity index (χ2v) is 11.6. The summed E-state index contributed by atoms with van der Waals surface area (Å²) in [7, 11) is -3.41. The van der Waals surface area contributed by atoms with Crippen LogP contribution in [0.4, 0.5) is 0 Å². The molecule has 1 atom stereocenters. The van der Waals surface area contributed by atoms with E-state index in [1.54, 1.807) is 16.7 Å². The van der Waals surface area contributed by atoms with Crippen molar-refractivity contribution in [3.63, 3.8) is 0 Å². The molecule has 1 aromatic heterocycles. The van der Waals surface area contributed by atoms with Crippen molar-refractivity contribution in [2.75, 3.05) is 12.3 Å². The Balaban J connectivity index is 1.67. The van der Waals surface area contributed by atoms with E-state index in [9.17, 15) is 18.3 Å². The molecular weight excluding hydrogens is 446 g/mol. The minimum Gasteiger partial charge on any atom is -0.480 e. The predicted molar refractivity (Wildman–Crippen MR) is 128 cm³/mol. The van der Waals surface area contributed by atoms with Gasteiger partial charge in [0, 0.05) is 12.3 Å².